The Bertz CT molecular complexity index is 372. The van der Waals surface area contributed by atoms with Crippen LogP contribution in [0.4, 0.5) is 17.6 Å². The minimum Gasteiger partial charge on any atom is -0.368 e. The number of rotatable bonds is 3. The normalized spacial score (nSPS) is 18.4. The summed E-state index contributed by atoms with van der Waals surface area (Å²) in [7, 11) is 0. The summed E-state index contributed by atoms with van der Waals surface area (Å²) in [4.78, 5) is 8.09. The zero-order valence-electron chi connectivity index (χ0n) is 9.45. The van der Waals surface area contributed by atoms with Crippen LogP contribution in [0.5, 0.6) is 0 Å². The Hall–Kier alpha value is -1.56. The molecule has 1 aliphatic rings. The third-order valence-electron chi connectivity index (χ3n) is 3.03. The van der Waals surface area contributed by atoms with Gasteiger partial charge in [0.25, 0.3) is 0 Å². The van der Waals surface area contributed by atoms with Gasteiger partial charge in [-0.25, -0.2) is 5.84 Å². The second kappa shape index (κ2) is 4.13. The van der Waals surface area contributed by atoms with Crippen molar-refractivity contribution in [1.82, 2.24) is 9.97 Å². The molecule has 6 nitrogen and oxygen atoms in total. The first-order valence-electron chi connectivity index (χ1n) is 5.51. The zero-order chi connectivity index (χ0) is 11.6. The van der Waals surface area contributed by atoms with Crippen LogP contribution in [0.15, 0.2) is 6.07 Å². The van der Waals surface area contributed by atoms with Gasteiger partial charge in [-0.15, -0.1) is 0 Å². The third-order valence-corrected chi connectivity index (χ3v) is 3.03. The number of hydrogen-bond donors (Lipinski definition) is 4. The van der Waals surface area contributed by atoms with Crippen molar-refractivity contribution in [2.24, 2.45) is 5.84 Å². The maximum atomic E-state index is 5.59. The van der Waals surface area contributed by atoms with Gasteiger partial charge >= 0.3 is 0 Å². The van der Waals surface area contributed by atoms with Crippen LogP contribution in [0, 0.1) is 0 Å². The summed E-state index contributed by atoms with van der Waals surface area (Å²) in [5.74, 6) is 6.78. The lowest BCUT2D eigenvalue weighted by Crippen LogP contribution is -2.31. The molecule has 0 aromatic carbocycles. The molecule has 1 aromatic heterocycles. The molecular formula is C10H18N6. The summed E-state index contributed by atoms with van der Waals surface area (Å²) in [6.45, 7) is 2.20. The van der Waals surface area contributed by atoms with E-state index >= 15 is 0 Å². The van der Waals surface area contributed by atoms with Gasteiger partial charge < -0.3 is 16.5 Å². The standard InChI is InChI=1S/C10H18N6/c1-10(4-2-3-5-10)15-7-6-8(16-12)14-9(11)13-7/h6H,2-5,12H2,1H3,(H4,11,13,14,15,16). The van der Waals surface area contributed by atoms with Crippen molar-refractivity contribution >= 4 is 17.6 Å². The molecule has 1 heterocycles. The van der Waals surface area contributed by atoms with E-state index in [4.69, 9.17) is 11.6 Å². The molecule has 0 aliphatic heterocycles. The second-order valence-electron chi connectivity index (χ2n) is 4.53. The van der Waals surface area contributed by atoms with Crippen molar-refractivity contribution in [3.8, 4) is 0 Å². The average Bonchev–Trinajstić information content (AvgIpc) is 2.63. The minimum absolute atomic E-state index is 0.118. The number of nitrogens with zero attached hydrogens (tertiary/aromatic N) is 2. The number of hydrazine groups is 1. The molecule has 1 aromatic rings. The lowest BCUT2D eigenvalue weighted by Gasteiger charge is -2.26. The SMILES string of the molecule is CC1(Nc2cc(NN)nc(N)n2)CCCC1. The quantitative estimate of drug-likeness (QED) is 0.451. The molecule has 0 atom stereocenters. The number of anilines is 3. The van der Waals surface area contributed by atoms with Crippen LogP contribution in [-0.4, -0.2) is 15.5 Å². The Labute approximate surface area is 94.8 Å². The Morgan fingerprint density at radius 1 is 1.25 bits per heavy atom. The molecule has 6 heteroatoms. The lowest BCUT2D eigenvalue weighted by molar-refractivity contribution is 0.531. The van der Waals surface area contributed by atoms with E-state index in [0.717, 1.165) is 18.7 Å². The van der Waals surface area contributed by atoms with Crippen LogP contribution in [-0.2, 0) is 0 Å². The molecule has 0 radical (unpaired) electrons. The first-order valence-corrected chi connectivity index (χ1v) is 5.51. The van der Waals surface area contributed by atoms with Crippen LogP contribution in [0.25, 0.3) is 0 Å². The fourth-order valence-electron chi connectivity index (χ4n) is 2.19. The van der Waals surface area contributed by atoms with E-state index in [2.05, 4.69) is 27.6 Å². The predicted octanol–water partition coefficient (Wildman–Crippen LogP) is 1.09. The summed E-state index contributed by atoms with van der Waals surface area (Å²) >= 11 is 0. The first kappa shape index (κ1) is 10.9. The zero-order valence-corrected chi connectivity index (χ0v) is 9.45. The van der Waals surface area contributed by atoms with E-state index in [9.17, 15) is 0 Å². The monoisotopic (exact) mass is 222 g/mol. The van der Waals surface area contributed by atoms with Crippen molar-refractivity contribution in [3.63, 3.8) is 0 Å². The Kier molecular flexibility index (Phi) is 2.82. The molecule has 88 valence electrons. The Morgan fingerprint density at radius 3 is 2.50 bits per heavy atom. The molecule has 0 unspecified atom stereocenters. The van der Waals surface area contributed by atoms with E-state index in [1.165, 1.54) is 12.8 Å². The van der Waals surface area contributed by atoms with Gasteiger partial charge in [0.15, 0.2) is 0 Å². The Morgan fingerprint density at radius 2 is 1.88 bits per heavy atom. The molecule has 0 amide bonds. The van der Waals surface area contributed by atoms with Gasteiger partial charge in [-0.3, -0.25) is 0 Å². The van der Waals surface area contributed by atoms with E-state index in [-0.39, 0.29) is 11.5 Å². The van der Waals surface area contributed by atoms with Gasteiger partial charge in [0.05, 0.1) is 0 Å². The van der Waals surface area contributed by atoms with Crippen LogP contribution in [0.3, 0.4) is 0 Å². The van der Waals surface area contributed by atoms with Crippen LogP contribution < -0.4 is 22.3 Å². The molecule has 1 aliphatic carbocycles. The van der Waals surface area contributed by atoms with Crippen molar-refractivity contribution in [2.75, 3.05) is 16.5 Å². The largest absolute Gasteiger partial charge is 0.368 e. The lowest BCUT2D eigenvalue weighted by atomic mass is 10.0. The van der Waals surface area contributed by atoms with Crippen molar-refractivity contribution in [1.29, 1.82) is 0 Å². The predicted molar refractivity (Wildman–Crippen MR) is 64.8 cm³/mol. The molecule has 2 rings (SSSR count). The van der Waals surface area contributed by atoms with Gasteiger partial charge in [-0.2, -0.15) is 9.97 Å². The van der Waals surface area contributed by atoms with E-state index in [1.807, 2.05) is 0 Å². The molecule has 16 heavy (non-hydrogen) atoms. The van der Waals surface area contributed by atoms with E-state index < -0.39 is 0 Å². The van der Waals surface area contributed by atoms with Gasteiger partial charge in [-0.1, -0.05) is 12.8 Å². The molecule has 1 saturated carbocycles. The number of hydrogen-bond acceptors (Lipinski definition) is 6. The summed E-state index contributed by atoms with van der Waals surface area (Å²) in [6, 6.07) is 1.76. The fourth-order valence-corrected chi connectivity index (χ4v) is 2.19. The second-order valence-corrected chi connectivity index (χ2v) is 4.53. The summed E-state index contributed by atoms with van der Waals surface area (Å²) < 4.78 is 0. The highest BCUT2D eigenvalue weighted by molar-refractivity contribution is 5.51. The number of nitrogens with one attached hydrogen (secondary N) is 2. The maximum Gasteiger partial charge on any atom is 0.223 e. The van der Waals surface area contributed by atoms with Gasteiger partial charge in [0.1, 0.15) is 11.6 Å². The van der Waals surface area contributed by atoms with Gasteiger partial charge in [-0.05, 0) is 19.8 Å². The van der Waals surface area contributed by atoms with Crippen molar-refractivity contribution in [3.05, 3.63) is 6.07 Å². The van der Waals surface area contributed by atoms with Crippen molar-refractivity contribution < 1.29 is 0 Å². The van der Waals surface area contributed by atoms with Gasteiger partial charge in [0, 0.05) is 11.6 Å². The molecule has 0 spiro atoms. The maximum absolute atomic E-state index is 5.59. The number of nitrogens with two attached hydrogens (primary N) is 2. The topological polar surface area (TPSA) is 102 Å². The van der Waals surface area contributed by atoms with E-state index in [1.54, 1.807) is 6.07 Å². The molecule has 1 fully saturated rings. The Balaban J connectivity index is 2.17. The third kappa shape index (κ3) is 2.33. The highest BCUT2D eigenvalue weighted by Gasteiger charge is 2.28. The summed E-state index contributed by atoms with van der Waals surface area (Å²) in [6.07, 6.45) is 4.82. The highest BCUT2D eigenvalue weighted by atomic mass is 15.3. The minimum atomic E-state index is 0.118. The number of nitrogen functional groups attached to an aromatic ring is 2. The molecule has 0 bridgehead atoms. The van der Waals surface area contributed by atoms with Gasteiger partial charge in [0.2, 0.25) is 5.95 Å². The highest BCUT2D eigenvalue weighted by Crippen LogP contribution is 2.32. The fraction of sp³-hybridized carbons (Fsp3) is 0.600. The summed E-state index contributed by atoms with van der Waals surface area (Å²) in [5, 5.41) is 3.41. The smallest absolute Gasteiger partial charge is 0.223 e. The van der Waals surface area contributed by atoms with Crippen LogP contribution in [0.1, 0.15) is 32.6 Å². The van der Waals surface area contributed by atoms with E-state index in [0.29, 0.717) is 5.82 Å². The average molecular weight is 222 g/mol. The molecular weight excluding hydrogens is 204 g/mol. The number of aromatic nitrogens is 2. The first-order chi connectivity index (χ1) is 7.61. The summed E-state index contributed by atoms with van der Waals surface area (Å²) in [5.41, 5.74) is 8.19. The van der Waals surface area contributed by atoms with Crippen molar-refractivity contribution in [2.45, 2.75) is 38.1 Å². The van der Waals surface area contributed by atoms with Crippen LogP contribution >= 0.6 is 0 Å². The molecule has 0 saturated heterocycles. The van der Waals surface area contributed by atoms with Crippen LogP contribution in [0.2, 0.25) is 0 Å². The molecule has 6 N–H and O–H groups in total.